The Labute approximate surface area is 112 Å². The van der Waals surface area contributed by atoms with Gasteiger partial charge in [0, 0.05) is 25.1 Å². The molecule has 0 saturated carbocycles. The topological polar surface area (TPSA) is 75.3 Å². The van der Waals surface area contributed by atoms with E-state index < -0.39 is 0 Å². The first kappa shape index (κ1) is 12.2. The number of hydrogen-bond donors (Lipinski definition) is 2. The third-order valence-electron chi connectivity index (χ3n) is 3.72. The van der Waals surface area contributed by atoms with Gasteiger partial charge in [-0.1, -0.05) is 12.1 Å². The third-order valence-corrected chi connectivity index (χ3v) is 3.72. The molecule has 5 heteroatoms. The molecule has 3 rings (SSSR count). The first-order chi connectivity index (χ1) is 9.28. The zero-order chi connectivity index (χ0) is 13.2. The molecule has 1 aromatic heterocycles. The van der Waals surface area contributed by atoms with E-state index in [4.69, 9.17) is 10.8 Å². The average molecular weight is 258 g/mol. The molecule has 1 saturated heterocycles. The maximum Gasteiger partial charge on any atom is 0.222 e. The number of fused-ring (bicyclic) bond motifs is 1. The van der Waals surface area contributed by atoms with Crippen molar-refractivity contribution in [2.24, 2.45) is 5.92 Å². The van der Waals surface area contributed by atoms with E-state index in [9.17, 15) is 0 Å². The van der Waals surface area contributed by atoms with Crippen molar-refractivity contribution < 1.29 is 5.11 Å². The van der Waals surface area contributed by atoms with Crippen LogP contribution in [0.4, 0.5) is 11.8 Å². The fraction of sp³-hybridized carbons (Fsp3) is 0.429. The van der Waals surface area contributed by atoms with Crippen LogP contribution in [0.3, 0.4) is 0 Å². The Bertz CT molecular complexity index is 587. The quantitative estimate of drug-likeness (QED) is 0.871. The van der Waals surface area contributed by atoms with Gasteiger partial charge in [-0.15, -0.1) is 0 Å². The van der Waals surface area contributed by atoms with Crippen molar-refractivity contribution in [2.45, 2.75) is 12.8 Å². The van der Waals surface area contributed by atoms with Crippen LogP contribution in [-0.4, -0.2) is 34.8 Å². The van der Waals surface area contributed by atoms with Crippen LogP contribution in [0.1, 0.15) is 12.8 Å². The maximum absolute atomic E-state index is 9.04. The minimum absolute atomic E-state index is 0.255. The first-order valence-electron chi connectivity index (χ1n) is 6.66. The highest BCUT2D eigenvalue weighted by Gasteiger charge is 2.24. The van der Waals surface area contributed by atoms with Gasteiger partial charge in [-0.05, 0) is 30.9 Å². The van der Waals surface area contributed by atoms with Gasteiger partial charge in [0.25, 0.3) is 0 Å². The number of aliphatic hydroxyl groups is 1. The van der Waals surface area contributed by atoms with Gasteiger partial charge in [0.05, 0.1) is 5.52 Å². The predicted octanol–water partition coefficient (Wildman–Crippen LogP) is 1.42. The zero-order valence-electron chi connectivity index (χ0n) is 10.8. The number of aliphatic hydroxyl groups excluding tert-OH is 1. The van der Waals surface area contributed by atoms with Crippen molar-refractivity contribution >= 4 is 22.7 Å². The molecule has 0 spiro atoms. The van der Waals surface area contributed by atoms with E-state index in [0.717, 1.165) is 42.7 Å². The molecule has 2 aromatic rings. The summed E-state index contributed by atoms with van der Waals surface area (Å²) in [4.78, 5) is 10.9. The average Bonchev–Trinajstić information content (AvgIpc) is 2.86. The number of rotatable bonds is 3. The molecule has 3 N–H and O–H groups in total. The molecular formula is C14H18N4O. The monoisotopic (exact) mass is 258 g/mol. The first-order valence-corrected chi connectivity index (χ1v) is 6.66. The number of nitrogens with two attached hydrogens (primary N) is 1. The molecule has 0 aliphatic carbocycles. The van der Waals surface area contributed by atoms with Crippen LogP contribution in [0.2, 0.25) is 0 Å². The summed E-state index contributed by atoms with van der Waals surface area (Å²) in [6.45, 7) is 2.15. The number of anilines is 2. The molecule has 0 bridgehead atoms. The number of hydrogen-bond acceptors (Lipinski definition) is 5. The van der Waals surface area contributed by atoms with Crippen molar-refractivity contribution in [3.05, 3.63) is 24.3 Å². The molecule has 0 radical (unpaired) electrons. The van der Waals surface area contributed by atoms with Crippen LogP contribution in [0.5, 0.6) is 0 Å². The number of para-hydroxylation sites is 1. The molecule has 19 heavy (non-hydrogen) atoms. The van der Waals surface area contributed by atoms with Crippen LogP contribution in [0, 0.1) is 5.92 Å². The molecular weight excluding hydrogens is 240 g/mol. The van der Waals surface area contributed by atoms with Crippen molar-refractivity contribution in [1.29, 1.82) is 0 Å². The molecule has 1 unspecified atom stereocenters. The highest BCUT2D eigenvalue weighted by Crippen LogP contribution is 2.29. The summed E-state index contributed by atoms with van der Waals surface area (Å²) in [6.07, 6.45) is 1.95. The lowest BCUT2D eigenvalue weighted by atomic mass is 10.1. The molecule has 2 heterocycles. The van der Waals surface area contributed by atoms with Gasteiger partial charge in [0.1, 0.15) is 5.82 Å². The highest BCUT2D eigenvalue weighted by molar-refractivity contribution is 5.90. The number of nitrogen functional groups attached to an aromatic ring is 1. The summed E-state index contributed by atoms with van der Waals surface area (Å²) in [5.41, 5.74) is 6.68. The molecule has 1 aliphatic rings. The molecule has 1 aliphatic heterocycles. The summed E-state index contributed by atoms with van der Waals surface area (Å²) in [5.74, 6) is 1.78. The van der Waals surface area contributed by atoms with Crippen LogP contribution in [0.15, 0.2) is 24.3 Å². The summed E-state index contributed by atoms with van der Waals surface area (Å²) in [6, 6.07) is 7.94. The lowest BCUT2D eigenvalue weighted by Gasteiger charge is -2.19. The van der Waals surface area contributed by atoms with E-state index in [0.29, 0.717) is 11.9 Å². The van der Waals surface area contributed by atoms with Gasteiger partial charge >= 0.3 is 0 Å². The van der Waals surface area contributed by atoms with E-state index in [-0.39, 0.29) is 6.61 Å². The van der Waals surface area contributed by atoms with Crippen LogP contribution in [-0.2, 0) is 0 Å². The Kier molecular flexibility index (Phi) is 3.21. The van der Waals surface area contributed by atoms with E-state index in [1.54, 1.807) is 0 Å². The lowest BCUT2D eigenvalue weighted by Crippen LogP contribution is -2.22. The highest BCUT2D eigenvalue weighted by atomic mass is 16.3. The summed E-state index contributed by atoms with van der Waals surface area (Å²) >= 11 is 0. The molecule has 5 nitrogen and oxygen atoms in total. The number of nitrogens with zero attached hydrogens (tertiary/aromatic N) is 3. The van der Waals surface area contributed by atoms with Gasteiger partial charge in [-0.3, -0.25) is 0 Å². The minimum atomic E-state index is 0.255. The Balaban J connectivity index is 1.96. The second-order valence-corrected chi connectivity index (χ2v) is 5.04. The van der Waals surface area contributed by atoms with Gasteiger partial charge in [0.2, 0.25) is 5.95 Å². The van der Waals surface area contributed by atoms with Crippen LogP contribution in [0.25, 0.3) is 10.9 Å². The fourth-order valence-electron chi connectivity index (χ4n) is 2.76. The largest absolute Gasteiger partial charge is 0.396 e. The Morgan fingerprint density at radius 1 is 1.32 bits per heavy atom. The Morgan fingerprint density at radius 3 is 3.00 bits per heavy atom. The molecule has 100 valence electrons. The van der Waals surface area contributed by atoms with Gasteiger partial charge in [0.15, 0.2) is 0 Å². The van der Waals surface area contributed by atoms with E-state index >= 15 is 0 Å². The number of aromatic nitrogens is 2. The maximum atomic E-state index is 9.04. The smallest absolute Gasteiger partial charge is 0.222 e. The van der Waals surface area contributed by atoms with Gasteiger partial charge in [-0.2, -0.15) is 4.98 Å². The van der Waals surface area contributed by atoms with Gasteiger partial charge < -0.3 is 15.7 Å². The molecule has 0 amide bonds. The Morgan fingerprint density at radius 2 is 2.16 bits per heavy atom. The fourth-order valence-corrected chi connectivity index (χ4v) is 2.76. The third kappa shape index (κ3) is 2.33. The van der Waals surface area contributed by atoms with E-state index in [2.05, 4.69) is 14.9 Å². The van der Waals surface area contributed by atoms with Crippen molar-refractivity contribution in [1.82, 2.24) is 9.97 Å². The van der Waals surface area contributed by atoms with Crippen LogP contribution >= 0.6 is 0 Å². The van der Waals surface area contributed by atoms with Crippen molar-refractivity contribution in [3.63, 3.8) is 0 Å². The molecule has 1 aromatic carbocycles. The standard InChI is InChI=1S/C14H18N4O/c15-14-16-12-4-2-1-3-11(12)13(17-14)18-7-5-10(9-18)6-8-19/h1-4,10,19H,5-9H2,(H2,15,16,17). The summed E-state index contributed by atoms with van der Waals surface area (Å²) in [7, 11) is 0. The van der Waals surface area contributed by atoms with E-state index in [1.165, 1.54) is 0 Å². The summed E-state index contributed by atoms with van der Waals surface area (Å²) in [5, 5.41) is 10.1. The van der Waals surface area contributed by atoms with Gasteiger partial charge in [-0.25, -0.2) is 4.98 Å². The minimum Gasteiger partial charge on any atom is -0.396 e. The Hall–Kier alpha value is -1.88. The second-order valence-electron chi connectivity index (χ2n) is 5.04. The summed E-state index contributed by atoms with van der Waals surface area (Å²) < 4.78 is 0. The normalized spacial score (nSPS) is 19.2. The SMILES string of the molecule is Nc1nc(N2CCC(CCO)C2)c2ccccc2n1. The van der Waals surface area contributed by atoms with Crippen molar-refractivity contribution in [2.75, 3.05) is 30.3 Å². The van der Waals surface area contributed by atoms with E-state index in [1.807, 2.05) is 24.3 Å². The van der Waals surface area contributed by atoms with Crippen molar-refractivity contribution in [3.8, 4) is 0 Å². The second kappa shape index (κ2) is 5.01. The molecule has 1 fully saturated rings. The number of benzene rings is 1. The molecule has 1 atom stereocenters. The zero-order valence-corrected chi connectivity index (χ0v) is 10.8. The van der Waals surface area contributed by atoms with Crippen LogP contribution < -0.4 is 10.6 Å². The predicted molar refractivity (Wildman–Crippen MR) is 76.0 cm³/mol. The lowest BCUT2D eigenvalue weighted by molar-refractivity contribution is 0.263.